The van der Waals surface area contributed by atoms with E-state index in [1.165, 1.54) is 35.1 Å². The molecule has 0 spiro atoms. The van der Waals surface area contributed by atoms with E-state index in [4.69, 9.17) is 9.26 Å². The van der Waals surface area contributed by atoms with Crippen molar-refractivity contribution < 1.29 is 19.2 Å². The maximum Gasteiger partial charge on any atom is 0.304 e. The minimum Gasteiger partial charge on any atom is -0.492 e. The van der Waals surface area contributed by atoms with Crippen LogP contribution in [0, 0.1) is 0 Å². The number of carboxylic acids is 1. The molecule has 1 unspecified atom stereocenters. The first-order chi connectivity index (χ1) is 16.1. The van der Waals surface area contributed by atoms with E-state index >= 15 is 0 Å². The van der Waals surface area contributed by atoms with Crippen molar-refractivity contribution in [3.63, 3.8) is 0 Å². The van der Waals surface area contributed by atoms with E-state index in [1.807, 2.05) is 36.0 Å². The van der Waals surface area contributed by atoms with Crippen LogP contribution in [-0.2, 0) is 11.2 Å². The molecular weight excluding hydrogens is 434 g/mol. The second-order valence-corrected chi connectivity index (χ2v) is 9.64. The Morgan fingerprint density at radius 3 is 2.64 bits per heavy atom. The SMILES string of the molecule is CCCCc1ccc(C2=CCC(COc3ccc([C@H](CC(=O)O)c4ccon4)cc3)S2)cc1. The fraction of sp³-hybridized carbons (Fsp3) is 0.333. The standard InChI is InChI=1S/C27H29NO4S/c1-2-3-4-19-5-7-21(8-6-19)26-14-13-23(33-26)18-31-22-11-9-20(10-12-22)24(17-27(29)30)25-15-16-32-28-25/h5-12,14-16,23-24H,2-4,13,17-18H2,1H3,(H,29,30)/t23?,24-/m0/s1. The molecule has 1 aliphatic rings. The average molecular weight is 464 g/mol. The third kappa shape index (κ3) is 6.29. The van der Waals surface area contributed by atoms with Crippen LogP contribution in [0.5, 0.6) is 5.75 Å². The minimum atomic E-state index is -0.875. The quantitative estimate of drug-likeness (QED) is 0.348. The van der Waals surface area contributed by atoms with E-state index in [-0.39, 0.29) is 12.3 Å². The highest BCUT2D eigenvalue weighted by Gasteiger charge is 2.22. The van der Waals surface area contributed by atoms with Gasteiger partial charge in [0.15, 0.2) is 0 Å². The summed E-state index contributed by atoms with van der Waals surface area (Å²) in [6, 6.07) is 18.3. The fourth-order valence-electron chi connectivity index (χ4n) is 3.97. The molecule has 0 aliphatic carbocycles. The molecule has 2 aromatic carbocycles. The number of hydrogen-bond acceptors (Lipinski definition) is 5. The second kappa shape index (κ2) is 11.2. The number of hydrogen-bond donors (Lipinski definition) is 1. The topological polar surface area (TPSA) is 72.6 Å². The van der Waals surface area contributed by atoms with Gasteiger partial charge in [0.25, 0.3) is 0 Å². The molecule has 1 aromatic heterocycles. The molecule has 172 valence electrons. The van der Waals surface area contributed by atoms with Crippen LogP contribution in [0.4, 0.5) is 0 Å². The van der Waals surface area contributed by atoms with Crippen LogP contribution in [-0.4, -0.2) is 28.1 Å². The number of unbranched alkanes of at least 4 members (excludes halogenated alkanes) is 1. The smallest absolute Gasteiger partial charge is 0.304 e. The number of nitrogens with zero attached hydrogens (tertiary/aromatic N) is 1. The number of carboxylic acid groups (broad SMARTS) is 1. The van der Waals surface area contributed by atoms with Crippen molar-refractivity contribution >= 4 is 22.6 Å². The van der Waals surface area contributed by atoms with Gasteiger partial charge in [0, 0.05) is 22.1 Å². The Morgan fingerprint density at radius 2 is 1.97 bits per heavy atom. The largest absolute Gasteiger partial charge is 0.492 e. The third-order valence-electron chi connectivity index (χ3n) is 5.83. The lowest BCUT2D eigenvalue weighted by atomic mass is 9.92. The third-order valence-corrected chi connectivity index (χ3v) is 7.15. The highest BCUT2D eigenvalue weighted by Crippen LogP contribution is 2.39. The number of allylic oxidation sites excluding steroid dienone is 1. The van der Waals surface area contributed by atoms with Gasteiger partial charge in [-0.1, -0.05) is 61.0 Å². The predicted molar refractivity (Wildman–Crippen MR) is 132 cm³/mol. The Balaban J connectivity index is 1.30. The van der Waals surface area contributed by atoms with Gasteiger partial charge in [-0.2, -0.15) is 0 Å². The summed E-state index contributed by atoms with van der Waals surface area (Å²) in [5.41, 5.74) is 4.18. The Kier molecular flexibility index (Phi) is 7.89. The maximum atomic E-state index is 11.3. The maximum absolute atomic E-state index is 11.3. The van der Waals surface area contributed by atoms with Crippen molar-refractivity contribution in [3.05, 3.63) is 89.3 Å². The van der Waals surface area contributed by atoms with Gasteiger partial charge < -0.3 is 14.4 Å². The van der Waals surface area contributed by atoms with Crippen LogP contribution >= 0.6 is 11.8 Å². The molecule has 0 saturated heterocycles. The van der Waals surface area contributed by atoms with Crippen LogP contribution < -0.4 is 4.74 Å². The Morgan fingerprint density at radius 1 is 1.18 bits per heavy atom. The second-order valence-electron chi connectivity index (χ2n) is 8.30. The zero-order valence-corrected chi connectivity index (χ0v) is 19.6. The molecule has 4 rings (SSSR count). The number of aryl methyl sites for hydroxylation is 1. The summed E-state index contributed by atoms with van der Waals surface area (Å²) in [5, 5.41) is 13.6. The minimum absolute atomic E-state index is 0.0422. The fourth-order valence-corrected chi connectivity index (χ4v) is 5.13. The molecule has 1 aliphatic heterocycles. The predicted octanol–water partition coefficient (Wildman–Crippen LogP) is 6.55. The Bertz CT molecular complexity index is 1060. The number of aromatic nitrogens is 1. The van der Waals surface area contributed by atoms with Crippen molar-refractivity contribution in [2.24, 2.45) is 0 Å². The summed E-state index contributed by atoms with van der Waals surface area (Å²) < 4.78 is 10.9. The van der Waals surface area contributed by atoms with Gasteiger partial charge in [-0.25, -0.2) is 0 Å². The summed E-state index contributed by atoms with van der Waals surface area (Å²) in [6.07, 6.45) is 8.31. The molecule has 2 atom stereocenters. The lowest BCUT2D eigenvalue weighted by Gasteiger charge is -2.15. The Labute approximate surface area is 198 Å². The molecule has 5 nitrogen and oxygen atoms in total. The summed E-state index contributed by atoms with van der Waals surface area (Å²) in [6.45, 7) is 2.85. The number of thioether (sulfide) groups is 1. The molecule has 0 amide bonds. The number of benzene rings is 2. The summed E-state index contributed by atoms with van der Waals surface area (Å²) in [7, 11) is 0. The van der Waals surface area contributed by atoms with E-state index < -0.39 is 5.97 Å². The lowest BCUT2D eigenvalue weighted by Crippen LogP contribution is -2.11. The highest BCUT2D eigenvalue weighted by molar-refractivity contribution is 8.09. The van der Waals surface area contributed by atoms with Gasteiger partial charge in [-0.3, -0.25) is 4.79 Å². The van der Waals surface area contributed by atoms with Crippen molar-refractivity contribution in [1.82, 2.24) is 5.16 Å². The number of ether oxygens (including phenoxy) is 1. The van der Waals surface area contributed by atoms with Gasteiger partial charge in [0.2, 0.25) is 0 Å². The highest BCUT2D eigenvalue weighted by atomic mass is 32.2. The molecule has 3 aromatic rings. The molecule has 1 N–H and O–H groups in total. The number of aliphatic carboxylic acids is 1. The zero-order chi connectivity index (χ0) is 23.0. The van der Waals surface area contributed by atoms with E-state index in [2.05, 4.69) is 42.4 Å². The number of rotatable bonds is 11. The van der Waals surface area contributed by atoms with Crippen LogP contribution in [0.25, 0.3) is 4.91 Å². The molecule has 0 fully saturated rings. The van der Waals surface area contributed by atoms with Gasteiger partial charge in [-0.15, -0.1) is 11.8 Å². The van der Waals surface area contributed by atoms with Gasteiger partial charge in [-0.05, 0) is 48.1 Å². The first kappa shape index (κ1) is 23.2. The first-order valence-electron chi connectivity index (χ1n) is 11.4. The zero-order valence-electron chi connectivity index (χ0n) is 18.8. The number of carbonyl (C=O) groups is 1. The first-order valence-corrected chi connectivity index (χ1v) is 12.3. The molecule has 0 bridgehead atoms. The van der Waals surface area contributed by atoms with Crippen molar-refractivity contribution in [2.45, 2.75) is 50.2 Å². The van der Waals surface area contributed by atoms with Crippen LogP contribution in [0.1, 0.15) is 60.9 Å². The molecule has 6 heteroatoms. The van der Waals surface area contributed by atoms with Crippen molar-refractivity contribution in [3.8, 4) is 5.75 Å². The summed E-state index contributed by atoms with van der Waals surface area (Å²) in [5.74, 6) is -0.441. The van der Waals surface area contributed by atoms with E-state index in [9.17, 15) is 9.90 Å². The monoisotopic (exact) mass is 463 g/mol. The van der Waals surface area contributed by atoms with Crippen LogP contribution in [0.3, 0.4) is 0 Å². The van der Waals surface area contributed by atoms with Gasteiger partial charge >= 0.3 is 5.97 Å². The van der Waals surface area contributed by atoms with Crippen LogP contribution in [0.15, 0.2) is 71.5 Å². The molecule has 0 radical (unpaired) electrons. The average Bonchev–Trinajstić information content (AvgIpc) is 3.53. The van der Waals surface area contributed by atoms with Crippen molar-refractivity contribution in [2.75, 3.05) is 6.61 Å². The summed E-state index contributed by atoms with van der Waals surface area (Å²) in [4.78, 5) is 12.6. The van der Waals surface area contributed by atoms with Gasteiger partial charge in [0.1, 0.15) is 18.6 Å². The van der Waals surface area contributed by atoms with E-state index in [1.54, 1.807) is 6.07 Å². The molecular formula is C27H29NO4S. The van der Waals surface area contributed by atoms with Crippen molar-refractivity contribution in [1.29, 1.82) is 0 Å². The van der Waals surface area contributed by atoms with E-state index in [0.717, 1.165) is 24.2 Å². The normalized spacial score (nSPS) is 16.4. The molecule has 2 heterocycles. The summed E-state index contributed by atoms with van der Waals surface area (Å²) >= 11 is 1.87. The van der Waals surface area contributed by atoms with E-state index in [0.29, 0.717) is 17.6 Å². The molecule has 33 heavy (non-hydrogen) atoms. The Hall–Kier alpha value is -2.99. The molecule has 0 saturated carbocycles. The van der Waals surface area contributed by atoms with Crippen LogP contribution in [0.2, 0.25) is 0 Å². The lowest BCUT2D eigenvalue weighted by molar-refractivity contribution is -0.137. The van der Waals surface area contributed by atoms with Gasteiger partial charge in [0.05, 0.1) is 12.1 Å².